The summed E-state index contributed by atoms with van der Waals surface area (Å²) in [6.07, 6.45) is 0. The molecule has 0 atom stereocenters. The molecule has 5 heteroatoms. The third kappa shape index (κ3) is 6.07. The van der Waals surface area contributed by atoms with Gasteiger partial charge in [-0.25, -0.2) is 0 Å². The van der Waals surface area contributed by atoms with E-state index in [2.05, 4.69) is 40.4 Å². The Balaban J connectivity index is 2.54. The predicted octanol–water partition coefficient (Wildman–Crippen LogP) is 2.46. The van der Waals surface area contributed by atoms with Crippen molar-refractivity contribution in [2.24, 2.45) is 0 Å². The monoisotopic (exact) mass is 328 g/mol. The number of ether oxygens (including phenoxy) is 1. The van der Waals surface area contributed by atoms with Crippen molar-refractivity contribution in [3.63, 3.8) is 0 Å². The standard InChI is InChI=1S/C14H21BrN2O2/c1-4-16-14(18)9-19-13-6-5-11(7-12(13)15)8-17-10(2)3/h5-7,10,17H,4,8-9H2,1-3H3,(H,16,18). The fourth-order valence-corrected chi connectivity index (χ4v) is 2.03. The van der Waals surface area contributed by atoms with Crippen LogP contribution in [0, 0.1) is 0 Å². The molecule has 0 unspecified atom stereocenters. The average molecular weight is 329 g/mol. The first-order chi connectivity index (χ1) is 9.02. The SMILES string of the molecule is CCNC(=O)COc1ccc(CNC(C)C)cc1Br. The molecule has 0 spiro atoms. The van der Waals surface area contributed by atoms with Gasteiger partial charge in [-0.3, -0.25) is 4.79 Å². The topological polar surface area (TPSA) is 50.4 Å². The number of likely N-dealkylation sites (N-methyl/N-ethyl adjacent to an activating group) is 1. The molecule has 0 saturated carbocycles. The van der Waals surface area contributed by atoms with Crippen LogP contribution in [0.4, 0.5) is 0 Å². The number of benzene rings is 1. The summed E-state index contributed by atoms with van der Waals surface area (Å²) in [5.74, 6) is 0.569. The molecule has 0 aliphatic carbocycles. The van der Waals surface area contributed by atoms with Gasteiger partial charge in [-0.15, -0.1) is 0 Å². The lowest BCUT2D eigenvalue weighted by Gasteiger charge is -2.11. The van der Waals surface area contributed by atoms with Crippen LogP contribution in [0.1, 0.15) is 26.3 Å². The lowest BCUT2D eigenvalue weighted by molar-refractivity contribution is -0.122. The van der Waals surface area contributed by atoms with Crippen LogP contribution < -0.4 is 15.4 Å². The molecule has 1 aromatic rings. The molecule has 0 bridgehead atoms. The molecular formula is C14H21BrN2O2. The number of carbonyl (C=O) groups excluding carboxylic acids is 1. The molecular weight excluding hydrogens is 308 g/mol. The summed E-state index contributed by atoms with van der Waals surface area (Å²) < 4.78 is 6.31. The summed E-state index contributed by atoms with van der Waals surface area (Å²) in [6, 6.07) is 6.32. The van der Waals surface area contributed by atoms with Crippen LogP contribution in [0.2, 0.25) is 0 Å². The van der Waals surface area contributed by atoms with Gasteiger partial charge in [-0.05, 0) is 40.5 Å². The van der Waals surface area contributed by atoms with E-state index in [0.717, 1.165) is 11.0 Å². The first kappa shape index (κ1) is 16.0. The highest BCUT2D eigenvalue weighted by molar-refractivity contribution is 9.10. The number of hydrogen-bond acceptors (Lipinski definition) is 3. The molecule has 0 aromatic heterocycles. The van der Waals surface area contributed by atoms with E-state index in [4.69, 9.17) is 4.74 Å². The summed E-state index contributed by atoms with van der Waals surface area (Å²) in [7, 11) is 0. The third-order valence-corrected chi connectivity index (χ3v) is 3.06. The van der Waals surface area contributed by atoms with Crippen molar-refractivity contribution in [2.75, 3.05) is 13.2 Å². The maximum Gasteiger partial charge on any atom is 0.257 e. The van der Waals surface area contributed by atoms with Crippen LogP contribution in [-0.2, 0) is 11.3 Å². The third-order valence-electron chi connectivity index (χ3n) is 2.44. The second-order valence-corrected chi connectivity index (χ2v) is 5.40. The van der Waals surface area contributed by atoms with E-state index in [9.17, 15) is 4.79 Å². The van der Waals surface area contributed by atoms with Crippen LogP contribution >= 0.6 is 15.9 Å². The lowest BCUT2D eigenvalue weighted by Crippen LogP contribution is -2.28. The average Bonchev–Trinajstić information content (AvgIpc) is 2.35. The molecule has 19 heavy (non-hydrogen) atoms. The van der Waals surface area contributed by atoms with Crippen LogP contribution in [0.3, 0.4) is 0 Å². The Kier molecular flexibility index (Phi) is 6.87. The molecule has 2 N–H and O–H groups in total. The zero-order valence-electron chi connectivity index (χ0n) is 11.6. The maximum absolute atomic E-state index is 11.3. The lowest BCUT2D eigenvalue weighted by atomic mass is 10.2. The van der Waals surface area contributed by atoms with Crippen molar-refractivity contribution in [1.82, 2.24) is 10.6 Å². The highest BCUT2D eigenvalue weighted by Crippen LogP contribution is 2.26. The van der Waals surface area contributed by atoms with E-state index in [1.54, 1.807) is 0 Å². The maximum atomic E-state index is 11.3. The Morgan fingerprint density at radius 2 is 2.16 bits per heavy atom. The first-order valence-electron chi connectivity index (χ1n) is 6.44. The summed E-state index contributed by atoms with van der Waals surface area (Å²) in [5.41, 5.74) is 1.17. The highest BCUT2D eigenvalue weighted by atomic mass is 79.9. The number of rotatable bonds is 7. The zero-order valence-corrected chi connectivity index (χ0v) is 13.2. The van der Waals surface area contributed by atoms with Gasteiger partial charge < -0.3 is 15.4 Å². The molecule has 0 fully saturated rings. The number of halogens is 1. The van der Waals surface area contributed by atoms with Gasteiger partial charge in [0, 0.05) is 19.1 Å². The molecule has 0 aliphatic heterocycles. The van der Waals surface area contributed by atoms with Gasteiger partial charge in [0.1, 0.15) is 5.75 Å². The Morgan fingerprint density at radius 1 is 1.42 bits per heavy atom. The van der Waals surface area contributed by atoms with Crippen LogP contribution in [0.15, 0.2) is 22.7 Å². The zero-order chi connectivity index (χ0) is 14.3. The van der Waals surface area contributed by atoms with Crippen molar-refractivity contribution in [3.05, 3.63) is 28.2 Å². The smallest absolute Gasteiger partial charge is 0.257 e. The first-order valence-corrected chi connectivity index (χ1v) is 7.23. The molecule has 4 nitrogen and oxygen atoms in total. The Hall–Kier alpha value is -1.07. The van der Waals surface area contributed by atoms with E-state index in [1.165, 1.54) is 5.56 Å². The minimum atomic E-state index is -0.111. The molecule has 0 radical (unpaired) electrons. The van der Waals surface area contributed by atoms with Crippen molar-refractivity contribution in [1.29, 1.82) is 0 Å². The van der Waals surface area contributed by atoms with E-state index in [0.29, 0.717) is 18.3 Å². The van der Waals surface area contributed by atoms with E-state index >= 15 is 0 Å². The second kappa shape index (κ2) is 8.17. The Bertz CT molecular complexity index is 422. The second-order valence-electron chi connectivity index (χ2n) is 4.54. The van der Waals surface area contributed by atoms with Crippen molar-refractivity contribution in [3.8, 4) is 5.75 Å². The quantitative estimate of drug-likeness (QED) is 0.808. The minimum absolute atomic E-state index is 0.0377. The van der Waals surface area contributed by atoms with Gasteiger partial charge in [0.15, 0.2) is 6.61 Å². The summed E-state index contributed by atoms with van der Waals surface area (Å²) in [4.78, 5) is 11.3. The van der Waals surface area contributed by atoms with Gasteiger partial charge >= 0.3 is 0 Å². The van der Waals surface area contributed by atoms with Gasteiger partial charge in [-0.2, -0.15) is 0 Å². The molecule has 1 aromatic carbocycles. The van der Waals surface area contributed by atoms with Crippen LogP contribution in [0.5, 0.6) is 5.75 Å². The van der Waals surface area contributed by atoms with Gasteiger partial charge in [-0.1, -0.05) is 19.9 Å². The molecule has 0 saturated heterocycles. The van der Waals surface area contributed by atoms with Crippen molar-refractivity contribution >= 4 is 21.8 Å². The normalized spacial score (nSPS) is 10.6. The van der Waals surface area contributed by atoms with E-state index < -0.39 is 0 Å². The van der Waals surface area contributed by atoms with Crippen molar-refractivity contribution in [2.45, 2.75) is 33.4 Å². The van der Waals surface area contributed by atoms with Crippen molar-refractivity contribution < 1.29 is 9.53 Å². The van der Waals surface area contributed by atoms with Gasteiger partial charge in [0.2, 0.25) is 0 Å². The largest absolute Gasteiger partial charge is 0.483 e. The van der Waals surface area contributed by atoms with Gasteiger partial charge in [0.25, 0.3) is 5.91 Å². The van der Waals surface area contributed by atoms with E-state index in [-0.39, 0.29) is 12.5 Å². The minimum Gasteiger partial charge on any atom is -0.483 e. The molecule has 106 valence electrons. The van der Waals surface area contributed by atoms with Gasteiger partial charge in [0.05, 0.1) is 4.47 Å². The van der Waals surface area contributed by atoms with Crippen LogP contribution in [0.25, 0.3) is 0 Å². The Labute approximate surface area is 123 Å². The molecule has 1 amide bonds. The molecule has 1 rings (SSSR count). The summed E-state index contributed by atoms with van der Waals surface area (Å²) >= 11 is 3.46. The fourth-order valence-electron chi connectivity index (χ4n) is 1.48. The summed E-state index contributed by atoms with van der Waals surface area (Å²) in [5, 5.41) is 6.04. The predicted molar refractivity (Wildman–Crippen MR) is 80.3 cm³/mol. The molecule has 0 heterocycles. The number of carbonyl (C=O) groups is 1. The number of amides is 1. The molecule has 0 aliphatic rings. The summed E-state index contributed by atoms with van der Waals surface area (Å²) in [6.45, 7) is 7.56. The number of nitrogens with one attached hydrogen (secondary N) is 2. The number of hydrogen-bond donors (Lipinski definition) is 2. The van der Waals surface area contributed by atoms with E-state index in [1.807, 2.05) is 25.1 Å². The Morgan fingerprint density at radius 3 is 2.74 bits per heavy atom. The van der Waals surface area contributed by atoms with Crippen LogP contribution in [-0.4, -0.2) is 25.1 Å². The fraction of sp³-hybridized carbons (Fsp3) is 0.500. The highest BCUT2D eigenvalue weighted by Gasteiger charge is 2.06.